The first kappa shape index (κ1) is 14.5. The van der Waals surface area contributed by atoms with Crippen LogP contribution in [0.5, 0.6) is 0 Å². The van der Waals surface area contributed by atoms with Crippen molar-refractivity contribution in [1.29, 1.82) is 0 Å². The summed E-state index contributed by atoms with van der Waals surface area (Å²) >= 11 is 0. The summed E-state index contributed by atoms with van der Waals surface area (Å²) in [5.41, 5.74) is 3.04. The SMILES string of the molecule is Cc1cc(C(O)C2CCC(C)C(C)C2)c2ccccc2n1. The summed E-state index contributed by atoms with van der Waals surface area (Å²) in [6, 6.07) is 10.2. The number of hydrogen-bond donors (Lipinski definition) is 1. The van der Waals surface area contributed by atoms with Crippen LogP contribution in [0.2, 0.25) is 0 Å². The number of pyridine rings is 1. The van der Waals surface area contributed by atoms with E-state index < -0.39 is 0 Å². The van der Waals surface area contributed by atoms with Crippen LogP contribution in [0, 0.1) is 24.7 Å². The molecule has 4 unspecified atom stereocenters. The zero-order valence-corrected chi connectivity index (χ0v) is 13.2. The smallest absolute Gasteiger partial charge is 0.0825 e. The Bertz CT molecular complexity index is 636. The van der Waals surface area contributed by atoms with Crippen LogP contribution < -0.4 is 0 Å². The second kappa shape index (κ2) is 5.76. The molecular formula is C19H25NO. The zero-order chi connectivity index (χ0) is 15.0. The van der Waals surface area contributed by atoms with Crippen LogP contribution >= 0.6 is 0 Å². The van der Waals surface area contributed by atoms with Gasteiger partial charge in [0.1, 0.15) is 0 Å². The van der Waals surface area contributed by atoms with Crippen LogP contribution in [0.25, 0.3) is 10.9 Å². The third-order valence-corrected chi connectivity index (χ3v) is 5.28. The predicted molar refractivity (Wildman–Crippen MR) is 87.1 cm³/mol. The number of rotatable bonds is 2. The van der Waals surface area contributed by atoms with E-state index in [0.717, 1.165) is 40.9 Å². The lowest BCUT2D eigenvalue weighted by atomic mass is 9.72. The van der Waals surface area contributed by atoms with Gasteiger partial charge in [0.15, 0.2) is 0 Å². The Hall–Kier alpha value is -1.41. The lowest BCUT2D eigenvalue weighted by Crippen LogP contribution is -2.25. The van der Waals surface area contributed by atoms with Crippen molar-refractivity contribution in [3.63, 3.8) is 0 Å². The molecule has 0 saturated heterocycles. The Kier molecular flexibility index (Phi) is 3.99. The van der Waals surface area contributed by atoms with Crippen molar-refractivity contribution in [1.82, 2.24) is 4.98 Å². The summed E-state index contributed by atoms with van der Waals surface area (Å²) in [4.78, 5) is 4.58. The van der Waals surface area contributed by atoms with Crippen molar-refractivity contribution in [2.75, 3.05) is 0 Å². The molecule has 1 saturated carbocycles. The van der Waals surface area contributed by atoms with E-state index in [1.54, 1.807) is 0 Å². The second-order valence-electron chi connectivity index (χ2n) is 6.84. The zero-order valence-electron chi connectivity index (χ0n) is 13.2. The number of aryl methyl sites for hydroxylation is 1. The van der Waals surface area contributed by atoms with Crippen LogP contribution in [-0.2, 0) is 0 Å². The molecule has 2 nitrogen and oxygen atoms in total. The summed E-state index contributed by atoms with van der Waals surface area (Å²) in [7, 11) is 0. The molecule has 4 atom stereocenters. The minimum atomic E-state index is -0.369. The summed E-state index contributed by atoms with van der Waals surface area (Å²) in [6.07, 6.45) is 3.11. The molecule has 1 aliphatic carbocycles. The fraction of sp³-hybridized carbons (Fsp3) is 0.526. The lowest BCUT2D eigenvalue weighted by molar-refractivity contribution is 0.0570. The van der Waals surface area contributed by atoms with Gasteiger partial charge in [0.05, 0.1) is 11.6 Å². The van der Waals surface area contributed by atoms with E-state index in [4.69, 9.17) is 0 Å². The molecule has 1 aromatic heterocycles. The highest BCUT2D eigenvalue weighted by Crippen LogP contribution is 2.41. The highest BCUT2D eigenvalue weighted by atomic mass is 16.3. The van der Waals surface area contributed by atoms with E-state index in [0.29, 0.717) is 11.8 Å². The van der Waals surface area contributed by atoms with Gasteiger partial charge in [-0.25, -0.2) is 0 Å². The van der Waals surface area contributed by atoms with Crippen molar-refractivity contribution in [2.45, 2.75) is 46.1 Å². The molecule has 0 spiro atoms. The number of aliphatic hydroxyl groups excluding tert-OH is 1. The maximum atomic E-state index is 10.9. The molecule has 1 fully saturated rings. The quantitative estimate of drug-likeness (QED) is 0.870. The van der Waals surface area contributed by atoms with E-state index in [1.807, 2.05) is 25.1 Å². The number of hydrogen-bond acceptors (Lipinski definition) is 2. The van der Waals surface area contributed by atoms with Gasteiger partial charge in [0.25, 0.3) is 0 Å². The molecule has 1 aliphatic rings. The molecule has 2 aromatic rings. The molecule has 0 aliphatic heterocycles. The van der Waals surface area contributed by atoms with Crippen LogP contribution in [0.4, 0.5) is 0 Å². The minimum Gasteiger partial charge on any atom is -0.388 e. The number of nitrogens with zero attached hydrogens (tertiary/aromatic N) is 1. The van der Waals surface area contributed by atoms with E-state index in [1.165, 1.54) is 6.42 Å². The van der Waals surface area contributed by atoms with Crippen molar-refractivity contribution < 1.29 is 5.11 Å². The molecule has 112 valence electrons. The summed E-state index contributed by atoms with van der Waals surface area (Å²) in [6.45, 7) is 6.66. The summed E-state index contributed by atoms with van der Waals surface area (Å²) < 4.78 is 0. The maximum Gasteiger partial charge on any atom is 0.0825 e. The first-order valence-corrected chi connectivity index (χ1v) is 8.10. The van der Waals surface area contributed by atoms with E-state index in [2.05, 4.69) is 31.0 Å². The van der Waals surface area contributed by atoms with E-state index in [-0.39, 0.29) is 6.10 Å². The third-order valence-electron chi connectivity index (χ3n) is 5.28. The number of aliphatic hydroxyl groups is 1. The molecule has 2 heteroatoms. The Morgan fingerprint density at radius 1 is 1.14 bits per heavy atom. The normalized spacial score (nSPS) is 27.7. The van der Waals surface area contributed by atoms with Crippen molar-refractivity contribution >= 4 is 10.9 Å². The van der Waals surface area contributed by atoms with Gasteiger partial charge in [-0.05, 0) is 55.2 Å². The third kappa shape index (κ3) is 2.82. The Labute approximate surface area is 127 Å². The van der Waals surface area contributed by atoms with Gasteiger partial charge in [-0.3, -0.25) is 4.98 Å². The van der Waals surface area contributed by atoms with Gasteiger partial charge in [-0.1, -0.05) is 38.5 Å². The van der Waals surface area contributed by atoms with E-state index >= 15 is 0 Å². The van der Waals surface area contributed by atoms with Crippen molar-refractivity contribution in [3.05, 3.63) is 41.6 Å². The molecule has 1 N–H and O–H groups in total. The average molecular weight is 283 g/mol. The highest BCUT2D eigenvalue weighted by molar-refractivity contribution is 5.82. The van der Waals surface area contributed by atoms with Crippen LogP contribution in [0.1, 0.15) is 50.5 Å². The molecule has 1 aromatic carbocycles. The largest absolute Gasteiger partial charge is 0.388 e. The van der Waals surface area contributed by atoms with Crippen LogP contribution in [0.15, 0.2) is 30.3 Å². The highest BCUT2D eigenvalue weighted by Gasteiger charge is 2.30. The molecule has 3 rings (SSSR count). The summed E-state index contributed by atoms with van der Waals surface area (Å²) in [5.74, 6) is 1.86. The second-order valence-corrected chi connectivity index (χ2v) is 6.84. The Balaban J connectivity index is 1.96. The standard InChI is InChI=1S/C19H25NO/c1-12-8-9-15(10-13(12)2)19(21)17-11-14(3)20-18-7-5-4-6-16(17)18/h4-7,11-13,15,19,21H,8-10H2,1-3H3. The van der Waals surface area contributed by atoms with Crippen molar-refractivity contribution in [3.8, 4) is 0 Å². The number of fused-ring (bicyclic) bond motifs is 1. The first-order chi connectivity index (χ1) is 10.1. The van der Waals surface area contributed by atoms with E-state index in [9.17, 15) is 5.11 Å². The van der Waals surface area contributed by atoms with Gasteiger partial charge in [0, 0.05) is 11.1 Å². The van der Waals surface area contributed by atoms with Crippen LogP contribution in [-0.4, -0.2) is 10.1 Å². The summed E-state index contributed by atoms with van der Waals surface area (Å²) in [5, 5.41) is 12.0. The monoisotopic (exact) mass is 283 g/mol. The molecule has 21 heavy (non-hydrogen) atoms. The number of aromatic nitrogens is 1. The van der Waals surface area contributed by atoms with Gasteiger partial charge in [-0.2, -0.15) is 0 Å². The topological polar surface area (TPSA) is 33.1 Å². The molecule has 0 amide bonds. The molecule has 0 bridgehead atoms. The predicted octanol–water partition coefficient (Wildman–Crippen LogP) is 4.65. The Morgan fingerprint density at radius 2 is 1.90 bits per heavy atom. The average Bonchev–Trinajstić information content (AvgIpc) is 2.48. The minimum absolute atomic E-state index is 0.369. The molecule has 1 heterocycles. The fourth-order valence-electron chi connectivity index (χ4n) is 3.71. The maximum absolute atomic E-state index is 10.9. The molecule has 0 radical (unpaired) electrons. The fourth-order valence-corrected chi connectivity index (χ4v) is 3.71. The van der Waals surface area contributed by atoms with Crippen molar-refractivity contribution in [2.24, 2.45) is 17.8 Å². The van der Waals surface area contributed by atoms with Gasteiger partial charge < -0.3 is 5.11 Å². The Morgan fingerprint density at radius 3 is 2.67 bits per heavy atom. The number of para-hydroxylation sites is 1. The lowest BCUT2D eigenvalue weighted by Gasteiger charge is -2.35. The van der Waals surface area contributed by atoms with Crippen LogP contribution in [0.3, 0.4) is 0 Å². The molecular weight excluding hydrogens is 258 g/mol. The van der Waals surface area contributed by atoms with Gasteiger partial charge in [-0.15, -0.1) is 0 Å². The van der Waals surface area contributed by atoms with Gasteiger partial charge >= 0.3 is 0 Å². The first-order valence-electron chi connectivity index (χ1n) is 8.10. The van der Waals surface area contributed by atoms with Gasteiger partial charge in [0.2, 0.25) is 0 Å². The number of benzene rings is 1.